The van der Waals surface area contributed by atoms with E-state index in [1.54, 1.807) is 6.92 Å². The first kappa shape index (κ1) is 34.4. The predicted octanol–water partition coefficient (Wildman–Crippen LogP) is 3.03. The van der Waals surface area contributed by atoms with E-state index >= 15 is 0 Å². The van der Waals surface area contributed by atoms with E-state index in [0.29, 0.717) is 4.31 Å². The molecule has 0 aliphatic carbocycles. The number of carboxylic acids is 2. The molecule has 0 spiro atoms. The van der Waals surface area contributed by atoms with Crippen LogP contribution in [0.5, 0.6) is 0 Å². The number of rotatable bonds is 5. The largest absolute Gasteiger partial charge is 0.480 e. The van der Waals surface area contributed by atoms with Crippen LogP contribution in [0.4, 0.5) is 17.6 Å². The highest BCUT2D eigenvalue weighted by atomic mass is 35.7. The summed E-state index contributed by atoms with van der Waals surface area (Å²) in [7, 11) is -2.92. The summed E-state index contributed by atoms with van der Waals surface area (Å²) in [5.74, 6) is -4.82. The molecular weight excluding hydrogens is 620 g/mol. The van der Waals surface area contributed by atoms with Crippen LogP contribution in [0.2, 0.25) is 0 Å². The zero-order valence-corrected chi connectivity index (χ0v) is 23.9. The van der Waals surface area contributed by atoms with Crippen molar-refractivity contribution >= 4 is 41.7 Å². The molecule has 0 amide bonds. The van der Waals surface area contributed by atoms with E-state index in [1.165, 1.54) is 6.92 Å². The first-order valence-corrected chi connectivity index (χ1v) is 15.6. The standard InChI is InChI=1S/C12H13F2NO4S.C6H4ClFO2S.C6H10FNO2/c1-7-10(14)6-15(11(7)12(16)17)20(18,19)9-4-2-8(13)3-5-9;7-11(9,10)6-3-1-5(8)2-4-6;1-3-4(7)2-8-5(3)6(9)10/h2-5,7,10-11H,6H2,1H3,(H,16,17);1-4H;3-5,8H,2H2,1H3,(H,9,10)/t7?,10?,11-;;3?,4?,5-/m0.0/s1. The highest BCUT2D eigenvalue weighted by Crippen LogP contribution is 2.32. The van der Waals surface area contributed by atoms with Crippen LogP contribution < -0.4 is 5.32 Å². The minimum atomic E-state index is -4.17. The van der Waals surface area contributed by atoms with Crippen molar-refractivity contribution in [3.8, 4) is 0 Å². The fourth-order valence-electron chi connectivity index (χ4n) is 3.98. The molecule has 2 aromatic carbocycles. The third kappa shape index (κ3) is 8.85. The van der Waals surface area contributed by atoms with Crippen molar-refractivity contribution in [1.29, 1.82) is 0 Å². The predicted molar refractivity (Wildman–Crippen MR) is 139 cm³/mol. The minimum absolute atomic E-state index is 0.0967. The smallest absolute Gasteiger partial charge is 0.322 e. The lowest BCUT2D eigenvalue weighted by Crippen LogP contribution is -2.42. The Bertz CT molecular complexity index is 1430. The highest BCUT2D eigenvalue weighted by Gasteiger charge is 2.49. The van der Waals surface area contributed by atoms with Crippen LogP contribution in [0.25, 0.3) is 0 Å². The van der Waals surface area contributed by atoms with E-state index < -0.39 is 85.5 Å². The number of hydrogen-bond acceptors (Lipinski definition) is 7. The Morgan fingerprint density at radius 2 is 1.29 bits per heavy atom. The molecule has 2 heterocycles. The normalized spacial score (nSPS) is 26.3. The average molecular weight is 647 g/mol. The van der Waals surface area contributed by atoms with Gasteiger partial charge in [-0.2, -0.15) is 4.31 Å². The zero-order valence-electron chi connectivity index (χ0n) is 21.5. The van der Waals surface area contributed by atoms with Gasteiger partial charge in [0.05, 0.1) is 9.79 Å². The van der Waals surface area contributed by atoms with Crippen molar-refractivity contribution in [2.24, 2.45) is 11.8 Å². The molecule has 0 saturated carbocycles. The van der Waals surface area contributed by atoms with Gasteiger partial charge in [0.15, 0.2) is 0 Å². The summed E-state index contributed by atoms with van der Waals surface area (Å²) in [5.41, 5.74) is 0. The summed E-state index contributed by atoms with van der Waals surface area (Å²) >= 11 is 0. The minimum Gasteiger partial charge on any atom is -0.480 e. The van der Waals surface area contributed by atoms with Crippen LogP contribution in [0.15, 0.2) is 58.3 Å². The Balaban J connectivity index is 0.000000236. The van der Waals surface area contributed by atoms with E-state index in [9.17, 15) is 44.0 Å². The highest BCUT2D eigenvalue weighted by molar-refractivity contribution is 8.13. The quantitative estimate of drug-likeness (QED) is 0.328. The number of hydrogen-bond donors (Lipinski definition) is 3. The monoisotopic (exact) mass is 646 g/mol. The van der Waals surface area contributed by atoms with Crippen molar-refractivity contribution in [2.75, 3.05) is 13.1 Å². The van der Waals surface area contributed by atoms with Crippen LogP contribution >= 0.6 is 10.7 Å². The molecule has 4 unspecified atom stereocenters. The molecule has 2 aliphatic heterocycles. The van der Waals surface area contributed by atoms with E-state index in [1.807, 2.05) is 0 Å². The molecule has 228 valence electrons. The Hall–Kier alpha value is -2.79. The first-order chi connectivity index (χ1) is 18.9. The Kier molecular flexibility index (Phi) is 11.7. The number of carbonyl (C=O) groups is 2. The van der Waals surface area contributed by atoms with Gasteiger partial charge in [0.1, 0.15) is 36.1 Å². The fourth-order valence-corrected chi connectivity index (χ4v) is 6.42. The van der Waals surface area contributed by atoms with Crippen molar-refractivity contribution in [3.05, 3.63) is 60.2 Å². The Morgan fingerprint density at radius 3 is 1.63 bits per heavy atom. The second-order valence-electron chi connectivity index (χ2n) is 9.18. The molecule has 4 rings (SSSR count). The van der Waals surface area contributed by atoms with Gasteiger partial charge in [-0.1, -0.05) is 13.8 Å². The molecule has 2 aromatic rings. The maximum absolute atomic E-state index is 13.7. The van der Waals surface area contributed by atoms with Crippen LogP contribution in [0.3, 0.4) is 0 Å². The molecule has 0 radical (unpaired) electrons. The van der Waals surface area contributed by atoms with Gasteiger partial charge in [0, 0.05) is 35.6 Å². The van der Waals surface area contributed by atoms with Crippen molar-refractivity contribution in [1.82, 2.24) is 9.62 Å². The molecule has 0 aromatic heterocycles. The van der Waals surface area contributed by atoms with E-state index in [4.69, 9.17) is 20.9 Å². The third-order valence-electron chi connectivity index (χ3n) is 6.40. The van der Waals surface area contributed by atoms with Gasteiger partial charge in [0.2, 0.25) is 10.0 Å². The number of sulfonamides is 1. The maximum atomic E-state index is 13.7. The SMILES string of the molecule is CC1C(F)CN(S(=O)(=O)c2ccc(F)cc2)[C@@H]1C(=O)O.CC1C(F)CN[C@@H]1C(=O)O.O=S(=O)(Cl)c1ccc(F)cc1. The van der Waals surface area contributed by atoms with Gasteiger partial charge in [-0.15, -0.1) is 0 Å². The van der Waals surface area contributed by atoms with Crippen LogP contribution in [0, 0.1) is 23.5 Å². The average Bonchev–Trinajstić information content (AvgIpc) is 3.38. The number of aliphatic carboxylic acids is 2. The molecule has 2 aliphatic rings. The molecule has 6 atom stereocenters. The topological polar surface area (TPSA) is 158 Å². The van der Waals surface area contributed by atoms with Gasteiger partial charge >= 0.3 is 11.9 Å². The van der Waals surface area contributed by atoms with Crippen molar-refractivity contribution < 1.29 is 54.2 Å². The molecule has 2 saturated heterocycles. The molecule has 41 heavy (non-hydrogen) atoms. The number of nitrogens with zero attached hydrogens (tertiary/aromatic N) is 1. The molecule has 2 fully saturated rings. The van der Waals surface area contributed by atoms with Crippen LogP contribution in [-0.4, -0.2) is 80.8 Å². The van der Waals surface area contributed by atoms with Gasteiger partial charge < -0.3 is 15.5 Å². The van der Waals surface area contributed by atoms with E-state index in [-0.39, 0.29) is 16.3 Å². The molecule has 17 heteroatoms. The molecule has 3 N–H and O–H groups in total. The van der Waals surface area contributed by atoms with Gasteiger partial charge in [0.25, 0.3) is 9.05 Å². The van der Waals surface area contributed by atoms with Crippen LogP contribution in [-0.2, 0) is 28.7 Å². The Labute approximate surface area is 238 Å². The fraction of sp³-hybridized carbons (Fsp3) is 0.417. The summed E-state index contributed by atoms with van der Waals surface area (Å²) in [6.45, 7) is 2.60. The number of benzene rings is 2. The summed E-state index contributed by atoms with van der Waals surface area (Å²) in [5, 5.41) is 20.1. The van der Waals surface area contributed by atoms with Crippen molar-refractivity contribution in [2.45, 2.75) is 48.1 Å². The van der Waals surface area contributed by atoms with Gasteiger partial charge in [-0.25, -0.2) is 34.4 Å². The Morgan fingerprint density at radius 1 is 0.829 bits per heavy atom. The zero-order chi connectivity index (χ0) is 31.3. The summed E-state index contributed by atoms with van der Waals surface area (Å²) in [4.78, 5) is 21.1. The number of alkyl halides is 2. The number of carboxylic acid groups (broad SMARTS) is 2. The van der Waals surface area contributed by atoms with Gasteiger partial charge in [-0.3, -0.25) is 9.59 Å². The number of nitrogens with one attached hydrogen (secondary N) is 1. The maximum Gasteiger partial charge on any atom is 0.322 e. The van der Waals surface area contributed by atoms with E-state index in [0.717, 1.165) is 48.5 Å². The lowest BCUT2D eigenvalue weighted by molar-refractivity contribution is -0.142. The second-order valence-corrected chi connectivity index (χ2v) is 13.6. The number of halogens is 5. The molecule has 0 bridgehead atoms. The summed E-state index contributed by atoms with van der Waals surface area (Å²) in [6, 6.07) is 6.10. The lowest BCUT2D eigenvalue weighted by Gasteiger charge is -2.22. The third-order valence-corrected chi connectivity index (χ3v) is 9.63. The lowest BCUT2D eigenvalue weighted by atomic mass is 10.0. The summed E-state index contributed by atoms with van der Waals surface area (Å²) < 4.78 is 97.8. The van der Waals surface area contributed by atoms with Crippen molar-refractivity contribution in [3.63, 3.8) is 0 Å². The molecule has 10 nitrogen and oxygen atoms in total. The van der Waals surface area contributed by atoms with E-state index in [2.05, 4.69) is 5.32 Å². The van der Waals surface area contributed by atoms with Gasteiger partial charge in [-0.05, 0) is 48.5 Å². The summed E-state index contributed by atoms with van der Waals surface area (Å²) in [6.07, 6.45) is -2.56. The first-order valence-electron chi connectivity index (χ1n) is 11.8. The molecular formula is C24H27ClF4N2O8S2. The van der Waals surface area contributed by atoms with Crippen LogP contribution in [0.1, 0.15) is 13.8 Å². The second kappa shape index (κ2) is 13.9.